The van der Waals surface area contributed by atoms with Crippen molar-refractivity contribution in [2.75, 3.05) is 27.2 Å². The van der Waals surface area contributed by atoms with Gasteiger partial charge in [0.1, 0.15) is 4.21 Å². The molecule has 7 nitrogen and oxygen atoms in total. The van der Waals surface area contributed by atoms with Gasteiger partial charge in [-0.25, -0.2) is 8.42 Å². The summed E-state index contributed by atoms with van der Waals surface area (Å²) in [7, 11) is -1.04. The molecule has 0 saturated carbocycles. The van der Waals surface area contributed by atoms with Gasteiger partial charge >= 0.3 is 6.61 Å². The quantitative estimate of drug-likeness (QED) is 0.621. The van der Waals surface area contributed by atoms with Gasteiger partial charge in [0.25, 0.3) is 10.0 Å². The molecule has 1 aromatic carbocycles. The first-order valence-electron chi connectivity index (χ1n) is 8.12. The predicted octanol–water partition coefficient (Wildman–Crippen LogP) is 2.34. The lowest BCUT2D eigenvalue weighted by molar-refractivity contribution is -0.121. The standard InChI is InChI=1S/C17H20F2N2O5S2/c1-21(28(23,24)16-4-3-9-27-16)11-15(22)20-8-7-12-5-6-13(25-2)14(10-12)26-17(18)19/h3-6,9-10,17H,7-8,11H2,1-2H3,(H,20,22). The average Bonchev–Trinajstić information content (AvgIpc) is 3.17. The number of benzene rings is 1. The normalized spacial score (nSPS) is 11.6. The van der Waals surface area contributed by atoms with Gasteiger partial charge < -0.3 is 14.8 Å². The number of ether oxygens (including phenoxy) is 2. The molecule has 1 N–H and O–H groups in total. The van der Waals surface area contributed by atoms with Crippen LogP contribution in [0.15, 0.2) is 39.9 Å². The Morgan fingerprint density at radius 1 is 1.29 bits per heavy atom. The van der Waals surface area contributed by atoms with Gasteiger partial charge in [-0.15, -0.1) is 11.3 Å². The Hall–Kier alpha value is -2.24. The monoisotopic (exact) mass is 434 g/mol. The van der Waals surface area contributed by atoms with Crippen LogP contribution in [0.1, 0.15) is 5.56 Å². The molecule has 0 aliphatic rings. The van der Waals surface area contributed by atoms with Crippen LogP contribution in [0.3, 0.4) is 0 Å². The maximum absolute atomic E-state index is 12.5. The number of hydrogen-bond acceptors (Lipinski definition) is 6. The fourth-order valence-electron chi connectivity index (χ4n) is 2.32. The predicted molar refractivity (Wildman–Crippen MR) is 100 cm³/mol. The van der Waals surface area contributed by atoms with Crippen LogP contribution in [0.5, 0.6) is 11.5 Å². The van der Waals surface area contributed by atoms with Crippen LogP contribution < -0.4 is 14.8 Å². The molecule has 2 aromatic rings. The molecule has 1 heterocycles. The van der Waals surface area contributed by atoms with Crippen LogP contribution in [-0.4, -0.2) is 52.5 Å². The zero-order valence-corrected chi connectivity index (χ0v) is 16.9. The molecule has 0 radical (unpaired) electrons. The van der Waals surface area contributed by atoms with E-state index in [9.17, 15) is 22.0 Å². The van der Waals surface area contributed by atoms with E-state index in [2.05, 4.69) is 10.1 Å². The smallest absolute Gasteiger partial charge is 0.387 e. The second-order valence-corrected chi connectivity index (χ2v) is 8.88. The van der Waals surface area contributed by atoms with Gasteiger partial charge in [-0.3, -0.25) is 4.79 Å². The van der Waals surface area contributed by atoms with Crippen molar-refractivity contribution in [3.05, 3.63) is 41.3 Å². The fraction of sp³-hybridized carbons (Fsp3) is 0.353. The van der Waals surface area contributed by atoms with Crippen LogP contribution in [0, 0.1) is 0 Å². The molecule has 0 bridgehead atoms. The summed E-state index contributed by atoms with van der Waals surface area (Å²) in [5, 5.41) is 4.25. The van der Waals surface area contributed by atoms with E-state index in [-0.39, 0.29) is 28.8 Å². The lowest BCUT2D eigenvalue weighted by Crippen LogP contribution is -2.38. The summed E-state index contributed by atoms with van der Waals surface area (Å²) in [6, 6.07) is 7.65. The molecule has 1 amide bonds. The number of sulfonamides is 1. The maximum Gasteiger partial charge on any atom is 0.387 e. The minimum Gasteiger partial charge on any atom is -0.493 e. The van der Waals surface area contributed by atoms with E-state index >= 15 is 0 Å². The second kappa shape index (κ2) is 9.80. The highest BCUT2D eigenvalue weighted by atomic mass is 32.2. The molecule has 1 aromatic heterocycles. The van der Waals surface area contributed by atoms with Gasteiger partial charge in [-0.05, 0) is 35.6 Å². The zero-order chi connectivity index (χ0) is 20.7. The molecule has 0 spiro atoms. The van der Waals surface area contributed by atoms with Crippen molar-refractivity contribution in [2.45, 2.75) is 17.2 Å². The molecular weight excluding hydrogens is 414 g/mol. The Morgan fingerprint density at radius 2 is 2.04 bits per heavy atom. The molecule has 0 aliphatic carbocycles. The molecule has 0 atom stereocenters. The van der Waals surface area contributed by atoms with Crippen molar-refractivity contribution in [3.63, 3.8) is 0 Å². The molecule has 0 unspecified atom stereocenters. The number of likely N-dealkylation sites (N-methyl/N-ethyl adjacent to an activating group) is 1. The summed E-state index contributed by atoms with van der Waals surface area (Å²) in [5.41, 5.74) is 0.649. The summed E-state index contributed by atoms with van der Waals surface area (Å²) in [6.07, 6.45) is 0.344. The van der Waals surface area contributed by atoms with Gasteiger partial charge in [0.15, 0.2) is 11.5 Å². The number of rotatable bonds is 10. The molecule has 0 fully saturated rings. The average molecular weight is 434 g/mol. The van der Waals surface area contributed by atoms with Crippen molar-refractivity contribution < 1.29 is 31.5 Å². The maximum atomic E-state index is 12.5. The SMILES string of the molecule is COc1ccc(CCNC(=O)CN(C)S(=O)(=O)c2cccs2)cc1OC(F)F. The highest BCUT2D eigenvalue weighted by molar-refractivity contribution is 7.91. The molecular formula is C17H20F2N2O5S2. The largest absolute Gasteiger partial charge is 0.493 e. The van der Waals surface area contributed by atoms with E-state index < -0.39 is 22.5 Å². The lowest BCUT2D eigenvalue weighted by atomic mass is 10.1. The van der Waals surface area contributed by atoms with Gasteiger partial charge in [0, 0.05) is 13.6 Å². The topological polar surface area (TPSA) is 84.9 Å². The Kier molecular flexibility index (Phi) is 7.72. The molecule has 2 rings (SSSR count). The van der Waals surface area contributed by atoms with Gasteiger partial charge in [-0.2, -0.15) is 13.1 Å². The number of thiophene rings is 1. The third kappa shape index (κ3) is 5.88. The molecule has 0 aliphatic heterocycles. The molecule has 154 valence electrons. The van der Waals surface area contributed by atoms with Crippen LogP contribution in [0.4, 0.5) is 8.78 Å². The van der Waals surface area contributed by atoms with Gasteiger partial charge in [0.2, 0.25) is 5.91 Å². The first-order valence-corrected chi connectivity index (χ1v) is 10.4. The van der Waals surface area contributed by atoms with Gasteiger partial charge in [-0.1, -0.05) is 12.1 Å². The number of methoxy groups -OCH3 is 1. The van der Waals surface area contributed by atoms with Crippen molar-refractivity contribution >= 4 is 27.3 Å². The first-order chi connectivity index (χ1) is 13.2. The van der Waals surface area contributed by atoms with E-state index in [1.807, 2.05) is 0 Å². The van der Waals surface area contributed by atoms with E-state index in [4.69, 9.17) is 4.74 Å². The van der Waals surface area contributed by atoms with Crippen molar-refractivity contribution in [1.29, 1.82) is 0 Å². The summed E-state index contributed by atoms with van der Waals surface area (Å²) >= 11 is 1.07. The van der Waals surface area contributed by atoms with Crippen LogP contribution >= 0.6 is 11.3 Å². The number of carbonyl (C=O) groups is 1. The first kappa shape index (κ1) is 22.1. The zero-order valence-electron chi connectivity index (χ0n) is 15.2. The number of alkyl halides is 2. The van der Waals surface area contributed by atoms with Gasteiger partial charge in [0.05, 0.1) is 13.7 Å². The number of hydrogen-bond donors (Lipinski definition) is 1. The van der Waals surface area contributed by atoms with Crippen LogP contribution in [-0.2, 0) is 21.2 Å². The third-order valence-electron chi connectivity index (χ3n) is 3.71. The Morgan fingerprint density at radius 3 is 2.64 bits per heavy atom. The van der Waals surface area contributed by atoms with Crippen LogP contribution in [0.25, 0.3) is 0 Å². The number of amides is 1. The Labute approximate surface area is 165 Å². The molecule has 0 saturated heterocycles. The summed E-state index contributed by atoms with van der Waals surface area (Å²) in [6.45, 7) is -3.11. The van der Waals surface area contributed by atoms with Crippen molar-refractivity contribution in [2.24, 2.45) is 0 Å². The molecule has 28 heavy (non-hydrogen) atoms. The second-order valence-electron chi connectivity index (χ2n) is 5.66. The summed E-state index contributed by atoms with van der Waals surface area (Å²) < 4.78 is 60.0. The fourth-order valence-corrected chi connectivity index (χ4v) is 4.65. The van der Waals surface area contributed by atoms with Crippen molar-refractivity contribution in [3.8, 4) is 11.5 Å². The third-order valence-corrected chi connectivity index (χ3v) is 6.88. The summed E-state index contributed by atoms with van der Waals surface area (Å²) in [5.74, 6) is -0.392. The number of halogens is 2. The minimum absolute atomic E-state index is 0.0944. The van der Waals surface area contributed by atoms with E-state index in [1.165, 1.54) is 32.4 Å². The minimum atomic E-state index is -3.70. The van der Waals surface area contributed by atoms with Crippen molar-refractivity contribution in [1.82, 2.24) is 9.62 Å². The highest BCUT2D eigenvalue weighted by Gasteiger charge is 2.23. The molecule has 11 heteroatoms. The number of nitrogens with one attached hydrogen (secondary N) is 1. The Bertz CT molecular complexity index is 889. The Balaban J connectivity index is 1.88. The lowest BCUT2D eigenvalue weighted by Gasteiger charge is -2.16. The highest BCUT2D eigenvalue weighted by Crippen LogP contribution is 2.29. The number of nitrogens with zero attached hydrogens (tertiary/aromatic N) is 1. The van der Waals surface area contributed by atoms with E-state index in [1.54, 1.807) is 17.5 Å². The van der Waals surface area contributed by atoms with Crippen LogP contribution in [0.2, 0.25) is 0 Å². The summed E-state index contributed by atoms with van der Waals surface area (Å²) in [4.78, 5) is 12.0. The number of carbonyl (C=O) groups excluding carboxylic acids is 1. The van der Waals surface area contributed by atoms with E-state index in [0.717, 1.165) is 15.6 Å². The van der Waals surface area contributed by atoms with E-state index in [0.29, 0.717) is 12.0 Å².